The summed E-state index contributed by atoms with van der Waals surface area (Å²) in [5.74, 6) is 1.48. The second-order valence-corrected chi connectivity index (χ2v) is 7.57. The molecule has 0 amide bonds. The zero-order chi connectivity index (χ0) is 21.1. The third kappa shape index (κ3) is 4.17. The van der Waals surface area contributed by atoms with E-state index >= 15 is 0 Å². The molecule has 0 saturated carbocycles. The Morgan fingerprint density at radius 1 is 1.10 bits per heavy atom. The van der Waals surface area contributed by atoms with Crippen LogP contribution in [0.5, 0.6) is 0 Å². The first kappa shape index (κ1) is 19.6. The normalized spacial score (nSPS) is 11.1. The third-order valence-corrected chi connectivity index (χ3v) is 4.90. The van der Waals surface area contributed by atoms with Crippen molar-refractivity contribution in [2.24, 2.45) is 0 Å². The number of nitrogens with one attached hydrogen (secondary N) is 1. The molecule has 2 heterocycles. The molecule has 2 aromatic heterocycles. The summed E-state index contributed by atoms with van der Waals surface area (Å²) in [5.41, 5.74) is 3.94. The minimum absolute atomic E-state index is 0.248. The first-order valence-electron chi connectivity index (χ1n) is 9.96. The van der Waals surface area contributed by atoms with Crippen LogP contribution < -0.4 is 5.32 Å². The van der Waals surface area contributed by atoms with Gasteiger partial charge >= 0.3 is 0 Å². The third-order valence-electron chi connectivity index (χ3n) is 4.90. The van der Waals surface area contributed by atoms with E-state index in [0.717, 1.165) is 11.1 Å². The molecule has 0 fully saturated rings. The van der Waals surface area contributed by atoms with E-state index in [1.165, 1.54) is 10.2 Å². The van der Waals surface area contributed by atoms with Crippen molar-refractivity contribution >= 4 is 11.9 Å². The number of nitrogens with zero attached hydrogens (tertiary/aromatic N) is 3. The van der Waals surface area contributed by atoms with Gasteiger partial charge in [-0.15, -0.1) is 5.10 Å². The maximum Gasteiger partial charge on any atom is 0.281 e. The van der Waals surface area contributed by atoms with E-state index in [1.807, 2.05) is 25.1 Å². The Morgan fingerprint density at radius 2 is 1.90 bits per heavy atom. The molecule has 0 aliphatic heterocycles. The van der Waals surface area contributed by atoms with Gasteiger partial charge in [0.1, 0.15) is 0 Å². The molecule has 6 heteroatoms. The highest BCUT2D eigenvalue weighted by molar-refractivity contribution is 5.97. The number of hydrogen-bond acceptors (Lipinski definition) is 5. The Bertz CT molecular complexity index is 1140. The van der Waals surface area contributed by atoms with Crippen molar-refractivity contribution in [3.05, 3.63) is 89.2 Å². The summed E-state index contributed by atoms with van der Waals surface area (Å²) in [5, 5.41) is 7.66. The number of benzene rings is 2. The maximum absolute atomic E-state index is 13.1. The molecule has 0 aliphatic rings. The van der Waals surface area contributed by atoms with E-state index in [9.17, 15) is 4.79 Å². The number of hydrogen-bond donors (Lipinski definition) is 1. The molecule has 0 radical (unpaired) electrons. The lowest BCUT2D eigenvalue weighted by Gasteiger charge is -2.09. The number of anilines is 1. The summed E-state index contributed by atoms with van der Waals surface area (Å²) in [6, 6.07) is 19.4. The van der Waals surface area contributed by atoms with Crippen LogP contribution in [0.1, 0.15) is 46.8 Å². The van der Waals surface area contributed by atoms with Crippen LogP contribution in [-0.2, 0) is 6.54 Å². The second kappa shape index (κ2) is 8.37. The Kier molecular flexibility index (Phi) is 5.48. The van der Waals surface area contributed by atoms with Crippen molar-refractivity contribution < 1.29 is 9.21 Å². The molecule has 0 unspecified atom stereocenters. The van der Waals surface area contributed by atoms with Crippen molar-refractivity contribution in [1.29, 1.82) is 0 Å². The minimum atomic E-state index is -0.248. The van der Waals surface area contributed by atoms with E-state index in [1.54, 1.807) is 24.5 Å². The monoisotopic (exact) mass is 400 g/mol. The highest BCUT2D eigenvalue weighted by Crippen LogP contribution is 2.21. The quantitative estimate of drug-likeness (QED) is 0.477. The summed E-state index contributed by atoms with van der Waals surface area (Å²) >= 11 is 0. The predicted molar refractivity (Wildman–Crippen MR) is 116 cm³/mol. The Labute approximate surface area is 175 Å². The average molecular weight is 400 g/mol. The lowest BCUT2D eigenvalue weighted by atomic mass is 10.0. The Balaban J connectivity index is 1.63. The fourth-order valence-corrected chi connectivity index (χ4v) is 3.18. The molecule has 0 spiro atoms. The van der Waals surface area contributed by atoms with Gasteiger partial charge in [-0.05, 0) is 48.2 Å². The smallest absolute Gasteiger partial charge is 0.281 e. The number of aromatic nitrogens is 3. The maximum atomic E-state index is 13.1. The van der Waals surface area contributed by atoms with Crippen LogP contribution in [0.3, 0.4) is 0 Å². The first-order chi connectivity index (χ1) is 14.5. The average Bonchev–Trinajstić information content (AvgIpc) is 3.42. The molecule has 30 heavy (non-hydrogen) atoms. The zero-order valence-electron chi connectivity index (χ0n) is 17.3. The highest BCUT2D eigenvalue weighted by Gasteiger charge is 2.20. The minimum Gasteiger partial charge on any atom is -0.461 e. The number of furan rings is 1. The number of carbonyl (C=O) groups excluding carboxylic acids is 1. The van der Waals surface area contributed by atoms with Gasteiger partial charge < -0.3 is 9.73 Å². The van der Waals surface area contributed by atoms with Gasteiger partial charge in [-0.25, -0.2) is 0 Å². The van der Waals surface area contributed by atoms with Gasteiger partial charge in [0, 0.05) is 12.1 Å². The van der Waals surface area contributed by atoms with Gasteiger partial charge in [0.2, 0.25) is 11.8 Å². The van der Waals surface area contributed by atoms with Gasteiger partial charge in [-0.1, -0.05) is 55.8 Å². The molecular weight excluding hydrogens is 376 g/mol. The first-order valence-corrected chi connectivity index (χ1v) is 9.96. The summed E-state index contributed by atoms with van der Waals surface area (Å²) in [7, 11) is 0. The van der Waals surface area contributed by atoms with Crippen LogP contribution in [0, 0.1) is 6.92 Å². The molecule has 2 aromatic carbocycles. The zero-order valence-corrected chi connectivity index (χ0v) is 17.3. The van der Waals surface area contributed by atoms with Crippen LogP contribution in [-0.4, -0.2) is 20.7 Å². The second-order valence-electron chi connectivity index (χ2n) is 7.57. The van der Waals surface area contributed by atoms with Gasteiger partial charge in [0.25, 0.3) is 5.91 Å². The number of rotatable bonds is 6. The van der Waals surface area contributed by atoms with Crippen molar-refractivity contribution in [2.75, 3.05) is 5.32 Å². The van der Waals surface area contributed by atoms with E-state index in [2.05, 4.69) is 53.5 Å². The van der Waals surface area contributed by atoms with Crippen LogP contribution in [0.4, 0.5) is 5.95 Å². The molecule has 0 aliphatic carbocycles. The molecule has 0 atom stereocenters. The Hall–Kier alpha value is -3.67. The molecule has 0 bridgehead atoms. The van der Waals surface area contributed by atoms with Crippen molar-refractivity contribution in [3.8, 4) is 11.6 Å². The van der Waals surface area contributed by atoms with Crippen molar-refractivity contribution in [2.45, 2.75) is 33.2 Å². The highest BCUT2D eigenvalue weighted by atomic mass is 16.3. The molecule has 4 aromatic rings. The number of aryl methyl sites for hydroxylation is 1. The van der Waals surface area contributed by atoms with Crippen LogP contribution in [0.25, 0.3) is 11.6 Å². The standard InChI is InChI=1S/C24H24N4O2/c1-16(2)19-11-9-18(10-12-19)15-25-24-26-22(21-8-5-13-30-21)27-28(24)23(29)20-7-4-6-17(3)14-20/h4-14,16H,15H2,1-3H3,(H,25,26,27). The molecule has 152 valence electrons. The Morgan fingerprint density at radius 3 is 2.57 bits per heavy atom. The molecule has 1 N–H and O–H groups in total. The SMILES string of the molecule is Cc1cccc(C(=O)n2nc(-c3ccco3)nc2NCc2ccc(C(C)C)cc2)c1. The predicted octanol–water partition coefficient (Wildman–Crippen LogP) is 5.27. The molecule has 0 saturated heterocycles. The van der Waals surface area contributed by atoms with Crippen LogP contribution >= 0.6 is 0 Å². The summed E-state index contributed by atoms with van der Waals surface area (Å²) < 4.78 is 6.71. The van der Waals surface area contributed by atoms with Crippen molar-refractivity contribution in [3.63, 3.8) is 0 Å². The number of carbonyl (C=O) groups is 1. The summed E-state index contributed by atoms with van der Waals surface area (Å²) in [4.78, 5) is 17.6. The van der Waals surface area contributed by atoms with Crippen LogP contribution in [0.15, 0.2) is 71.3 Å². The van der Waals surface area contributed by atoms with Gasteiger partial charge in [0.05, 0.1) is 6.26 Å². The van der Waals surface area contributed by atoms with E-state index in [-0.39, 0.29) is 5.91 Å². The van der Waals surface area contributed by atoms with E-state index < -0.39 is 0 Å². The van der Waals surface area contributed by atoms with Gasteiger partial charge in [-0.3, -0.25) is 4.79 Å². The summed E-state index contributed by atoms with van der Waals surface area (Å²) in [6.45, 7) is 6.81. The van der Waals surface area contributed by atoms with Gasteiger partial charge in [-0.2, -0.15) is 9.67 Å². The lowest BCUT2D eigenvalue weighted by Crippen LogP contribution is -2.17. The lowest BCUT2D eigenvalue weighted by molar-refractivity contribution is 0.0947. The van der Waals surface area contributed by atoms with Crippen LogP contribution in [0.2, 0.25) is 0 Å². The van der Waals surface area contributed by atoms with Gasteiger partial charge in [0.15, 0.2) is 5.76 Å². The fraction of sp³-hybridized carbons (Fsp3) is 0.208. The molecule has 6 nitrogen and oxygen atoms in total. The summed E-state index contributed by atoms with van der Waals surface area (Å²) in [6.07, 6.45) is 1.56. The largest absolute Gasteiger partial charge is 0.461 e. The van der Waals surface area contributed by atoms with E-state index in [0.29, 0.717) is 35.6 Å². The molecule has 4 rings (SSSR count). The van der Waals surface area contributed by atoms with E-state index in [4.69, 9.17) is 4.42 Å². The fourth-order valence-electron chi connectivity index (χ4n) is 3.18. The van der Waals surface area contributed by atoms with Crippen molar-refractivity contribution in [1.82, 2.24) is 14.8 Å². The molecular formula is C24H24N4O2. The topological polar surface area (TPSA) is 73.0 Å².